The standard InChI is InChI=1S/C40H38N6O8S/c47-36-10-7-33(37(48)44-36)46-39(49)30-6-5-28(21-31(30)40(46)50)53-18-16-51-14-15-52-17-19-54-29-11-13-45(24-29)35-9-4-27(23-42-35)38-43-32-20-25(3-8-34(32)55-38)26-2-1-12-41-22-26/h1-6,8-9,12,20-23,29,33H,7,10-11,13-19,24H2,(H,44,47,48). The molecule has 8 rings (SSSR count). The molecule has 3 aliphatic heterocycles. The molecule has 2 saturated heterocycles. The summed E-state index contributed by atoms with van der Waals surface area (Å²) in [7, 11) is 0. The van der Waals surface area contributed by atoms with E-state index in [2.05, 4.69) is 39.5 Å². The van der Waals surface area contributed by atoms with Gasteiger partial charge in [0.15, 0.2) is 0 Å². The number of ether oxygens (including phenoxy) is 4. The monoisotopic (exact) mass is 762 g/mol. The number of pyridine rings is 2. The fourth-order valence-corrected chi connectivity index (χ4v) is 7.83. The van der Waals surface area contributed by atoms with Crippen molar-refractivity contribution in [2.24, 2.45) is 0 Å². The minimum atomic E-state index is -1.01. The number of anilines is 1. The van der Waals surface area contributed by atoms with E-state index in [1.807, 2.05) is 30.6 Å². The maximum Gasteiger partial charge on any atom is 0.262 e. The number of thiazole rings is 1. The number of nitrogens with zero attached hydrogens (tertiary/aromatic N) is 5. The highest BCUT2D eigenvalue weighted by atomic mass is 32.1. The third-order valence-corrected chi connectivity index (χ3v) is 10.8. The molecule has 0 spiro atoms. The van der Waals surface area contributed by atoms with E-state index in [-0.39, 0.29) is 36.7 Å². The molecule has 3 aliphatic rings. The number of carbonyl (C=O) groups excluding carboxylic acids is 4. The second kappa shape index (κ2) is 16.4. The number of imide groups is 2. The van der Waals surface area contributed by atoms with Gasteiger partial charge in [-0.25, -0.2) is 9.97 Å². The topological polar surface area (TPSA) is 162 Å². The SMILES string of the molecule is O=C1CCC(N2C(=O)c3ccc(OCCOCCOCCOC4CCN(c5ccc(-c6nc7cc(-c8cccnc8)ccc7s6)cn5)C4)cc3C2=O)C(=O)N1. The first kappa shape index (κ1) is 36.4. The molecule has 2 aromatic carbocycles. The Hall–Kier alpha value is -5.61. The lowest BCUT2D eigenvalue weighted by atomic mass is 10.0. The Bertz CT molecular complexity index is 2210. The maximum atomic E-state index is 13.0. The van der Waals surface area contributed by atoms with E-state index in [4.69, 9.17) is 28.9 Å². The van der Waals surface area contributed by atoms with Gasteiger partial charge in [0.05, 0.1) is 60.5 Å². The Morgan fingerprint density at radius 1 is 0.800 bits per heavy atom. The van der Waals surface area contributed by atoms with Gasteiger partial charge in [-0.05, 0) is 66.9 Å². The van der Waals surface area contributed by atoms with Crippen LogP contribution in [-0.4, -0.2) is 108 Å². The lowest BCUT2D eigenvalue weighted by Crippen LogP contribution is -2.54. The number of carbonyl (C=O) groups is 4. The van der Waals surface area contributed by atoms with Crippen LogP contribution in [0, 0.1) is 0 Å². The number of aromatic nitrogens is 3. The van der Waals surface area contributed by atoms with Gasteiger partial charge in [0.2, 0.25) is 11.8 Å². The molecule has 0 aliphatic carbocycles. The Labute approximate surface area is 320 Å². The summed E-state index contributed by atoms with van der Waals surface area (Å²) in [6.07, 6.45) is 6.71. The molecule has 0 saturated carbocycles. The first-order valence-corrected chi connectivity index (χ1v) is 19.0. The van der Waals surface area contributed by atoms with Gasteiger partial charge in [-0.1, -0.05) is 12.1 Å². The van der Waals surface area contributed by atoms with Crippen LogP contribution >= 0.6 is 11.3 Å². The summed E-state index contributed by atoms with van der Waals surface area (Å²) in [5, 5.41) is 3.13. The van der Waals surface area contributed by atoms with Crippen LogP contribution in [0.2, 0.25) is 0 Å². The Morgan fingerprint density at radius 3 is 2.42 bits per heavy atom. The van der Waals surface area contributed by atoms with Gasteiger partial charge in [0.1, 0.15) is 29.2 Å². The summed E-state index contributed by atoms with van der Waals surface area (Å²) < 4.78 is 24.2. The second-order valence-electron chi connectivity index (χ2n) is 13.3. The van der Waals surface area contributed by atoms with Crippen LogP contribution < -0.4 is 15.0 Å². The van der Waals surface area contributed by atoms with E-state index in [9.17, 15) is 19.2 Å². The van der Waals surface area contributed by atoms with Crippen LogP contribution in [0.4, 0.5) is 5.82 Å². The molecule has 2 fully saturated rings. The Morgan fingerprint density at radius 2 is 1.62 bits per heavy atom. The molecule has 3 aromatic heterocycles. The minimum absolute atomic E-state index is 0.0650. The number of rotatable bonds is 15. The van der Waals surface area contributed by atoms with Crippen molar-refractivity contribution < 1.29 is 38.1 Å². The highest BCUT2D eigenvalue weighted by molar-refractivity contribution is 7.21. The van der Waals surface area contributed by atoms with Crippen molar-refractivity contribution in [3.63, 3.8) is 0 Å². The molecule has 15 heteroatoms. The molecular weight excluding hydrogens is 725 g/mol. The third-order valence-electron chi connectivity index (χ3n) is 9.71. The van der Waals surface area contributed by atoms with E-state index in [0.717, 1.165) is 62.1 Å². The van der Waals surface area contributed by atoms with Crippen molar-refractivity contribution in [2.75, 3.05) is 57.6 Å². The fourth-order valence-electron chi connectivity index (χ4n) is 6.89. The van der Waals surface area contributed by atoms with E-state index >= 15 is 0 Å². The molecule has 0 bridgehead atoms. The molecule has 2 unspecified atom stereocenters. The number of benzene rings is 2. The summed E-state index contributed by atoms with van der Waals surface area (Å²) >= 11 is 1.66. The molecule has 55 heavy (non-hydrogen) atoms. The lowest BCUT2D eigenvalue weighted by molar-refractivity contribution is -0.136. The molecule has 282 valence electrons. The number of nitrogens with one attached hydrogen (secondary N) is 1. The van der Waals surface area contributed by atoms with Crippen molar-refractivity contribution in [1.82, 2.24) is 25.2 Å². The minimum Gasteiger partial charge on any atom is -0.491 e. The van der Waals surface area contributed by atoms with E-state index in [1.165, 1.54) is 12.1 Å². The Kier molecular flexibility index (Phi) is 10.8. The average molecular weight is 763 g/mol. The molecule has 6 heterocycles. The molecule has 14 nitrogen and oxygen atoms in total. The van der Waals surface area contributed by atoms with Gasteiger partial charge in [-0.2, -0.15) is 0 Å². The first-order chi connectivity index (χ1) is 26.9. The number of amides is 4. The summed E-state index contributed by atoms with van der Waals surface area (Å²) in [5.41, 5.74) is 4.48. The predicted molar refractivity (Wildman–Crippen MR) is 203 cm³/mol. The van der Waals surface area contributed by atoms with Crippen LogP contribution in [-0.2, 0) is 23.8 Å². The zero-order chi connectivity index (χ0) is 37.7. The molecular formula is C40H38N6O8S. The van der Waals surface area contributed by atoms with Gasteiger partial charge in [0.25, 0.3) is 11.8 Å². The highest BCUT2D eigenvalue weighted by Gasteiger charge is 2.44. The molecule has 4 amide bonds. The zero-order valence-electron chi connectivity index (χ0n) is 29.8. The number of piperidine rings is 1. The van der Waals surface area contributed by atoms with Crippen molar-refractivity contribution in [1.29, 1.82) is 0 Å². The summed E-state index contributed by atoms with van der Waals surface area (Å²) in [6, 6.07) is 18.0. The number of hydrogen-bond donors (Lipinski definition) is 1. The van der Waals surface area contributed by atoms with E-state index < -0.39 is 29.7 Å². The van der Waals surface area contributed by atoms with Gasteiger partial charge < -0.3 is 23.8 Å². The van der Waals surface area contributed by atoms with E-state index in [1.54, 1.807) is 23.6 Å². The van der Waals surface area contributed by atoms with Crippen molar-refractivity contribution in [3.05, 3.63) is 90.4 Å². The fraction of sp³-hybridized carbons (Fsp3) is 0.325. The summed E-state index contributed by atoms with van der Waals surface area (Å²) in [6.45, 7) is 3.88. The van der Waals surface area contributed by atoms with Crippen molar-refractivity contribution in [2.45, 2.75) is 31.4 Å². The summed E-state index contributed by atoms with van der Waals surface area (Å²) in [5.74, 6) is -0.878. The van der Waals surface area contributed by atoms with Crippen LogP contribution in [0.1, 0.15) is 40.0 Å². The quantitative estimate of drug-likeness (QED) is 0.117. The van der Waals surface area contributed by atoms with Crippen LogP contribution in [0.3, 0.4) is 0 Å². The van der Waals surface area contributed by atoms with Gasteiger partial charge in [0, 0.05) is 49.2 Å². The first-order valence-electron chi connectivity index (χ1n) is 18.2. The van der Waals surface area contributed by atoms with Crippen molar-refractivity contribution in [3.8, 4) is 27.4 Å². The Balaban J connectivity index is 0.702. The van der Waals surface area contributed by atoms with E-state index in [0.29, 0.717) is 38.8 Å². The number of fused-ring (bicyclic) bond motifs is 2. The van der Waals surface area contributed by atoms with Crippen LogP contribution in [0.5, 0.6) is 5.75 Å². The normalized spacial score (nSPS) is 18.3. The molecule has 2 atom stereocenters. The summed E-state index contributed by atoms with van der Waals surface area (Å²) in [4.78, 5) is 66.6. The third kappa shape index (κ3) is 8.10. The highest BCUT2D eigenvalue weighted by Crippen LogP contribution is 2.34. The predicted octanol–water partition coefficient (Wildman–Crippen LogP) is 4.53. The second-order valence-corrected chi connectivity index (χ2v) is 14.3. The zero-order valence-corrected chi connectivity index (χ0v) is 30.7. The molecule has 1 N–H and O–H groups in total. The smallest absolute Gasteiger partial charge is 0.262 e. The molecule has 5 aromatic rings. The largest absolute Gasteiger partial charge is 0.491 e. The van der Waals surface area contributed by atoms with Crippen molar-refractivity contribution >= 4 is 51.0 Å². The average Bonchev–Trinajstić information content (AvgIpc) is 3.92. The van der Waals surface area contributed by atoms with Gasteiger partial charge >= 0.3 is 0 Å². The number of hydrogen-bond acceptors (Lipinski definition) is 13. The van der Waals surface area contributed by atoms with Gasteiger partial charge in [-0.15, -0.1) is 11.3 Å². The molecule has 0 radical (unpaired) electrons. The van der Waals surface area contributed by atoms with Crippen LogP contribution in [0.25, 0.3) is 31.9 Å². The van der Waals surface area contributed by atoms with Crippen LogP contribution in [0.15, 0.2) is 79.3 Å². The van der Waals surface area contributed by atoms with Gasteiger partial charge in [-0.3, -0.25) is 34.4 Å². The lowest BCUT2D eigenvalue weighted by Gasteiger charge is -2.27. The maximum absolute atomic E-state index is 13.0.